The molecule has 7 nitrogen and oxygen atoms in total. The minimum atomic E-state index is -0.429. The van der Waals surface area contributed by atoms with Crippen molar-refractivity contribution < 1.29 is 9.72 Å². The highest BCUT2D eigenvalue weighted by molar-refractivity contribution is 5.93. The Bertz CT molecular complexity index is 826. The van der Waals surface area contributed by atoms with E-state index in [-0.39, 0.29) is 11.6 Å². The fraction of sp³-hybridized carbons (Fsp3) is 0.381. The van der Waals surface area contributed by atoms with Crippen LogP contribution >= 0.6 is 0 Å². The van der Waals surface area contributed by atoms with E-state index in [4.69, 9.17) is 0 Å². The van der Waals surface area contributed by atoms with Crippen molar-refractivity contribution in [3.8, 4) is 0 Å². The van der Waals surface area contributed by atoms with Crippen LogP contribution in [-0.2, 0) is 11.3 Å². The summed E-state index contributed by atoms with van der Waals surface area (Å²) in [5.41, 5.74) is 2.30. The van der Waals surface area contributed by atoms with Crippen LogP contribution in [0.2, 0.25) is 0 Å². The average molecular weight is 382 g/mol. The van der Waals surface area contributed by atoms with Gasteiger partial charge in [0.05, 0.1) is 22.7 Å². The first-order valence-corrected chi connectivity index (χ1v) is 9.55. The van der Waals surface area contributed by atoms with Gasteiger partial charge in [-0.3, -0.25) is 24.7 Å². The van der Waals surface area contributed by atoms with Gasteiger partial charge in [0.2, 0.25) is 5.91 Å². The number of nitrogens with zero attached hydrogens (tertiary/aromatic N) is 3. The van der Waals surface area contributed by atoms with Gasteiger partial charge in [-0.25, -0.2) is 0 Å². The van der Waals surface area contributed by atoms with Crippen LogP contribution in [0.15, 0.2) is 48.5 Å². The molecular formula is C21H26N4O3. The summed E-state index contributed by atoms with van der Waals surface area (Å²) in [5, 5.41) is 13.9. The van der Waals surface area contributed by atoms with Gasteiger partial charge in [0, 0.05) is 25.7 Å². The number of nitrogens with one attached hydrogen (secondary N) is 1. The maximum absolute atomic E-state index is 12.5. The van der Waals surface area contributed by atoms with Gasteiger partial charge in [0.15, 0.2) is 0 Å². The third-order valence-corrected chi connectivity index (χ3v) is 5.07. The third kappa shape index (κ3) is 5.37. The van der Waals surface area contributed by atoms with Gasteiger partial charge in [-0.1, -0.05) is 36.4 Å². The molecule has 148 valence electrons. The van der Waals surface area contributed by atoms with Crippen molar-refractivity contribution in [2.45, 2.75) is 19.9 Å². The van der Waals surface area contributed by atoms with Gasteiger partial charge < -0.3 is 5.32 Å². The molecule has 0 atom stereocenters. The van der Waals surface area contributed by atoms with E-state index < -0.39 is 4.92 Å². The number of amides is 1. The summed E-state index contributed by atoms with van der Waals surface area (Å²) < 4.78 is 0. The Morgan fingerprint density at radius 2 is 1.75 bits per heavy atom. The van der Waals surface area contributed by atoms with Crippen LogP contribution in [-0.4, -0.2) is 53.4 Å². The van der Waals surface area contributed by atoms with Crippen molar-refractivity contribution in [1.82, 2.24) is 9.80 Å². The molecule has 1 heterocycles. The van der Waals surface area contributed by atoms with Crippen LogP contribution in [0, 0.1) is 17.0 Å². The second-order valence-electron chi connectivity index (χ2n) is 7.15. The normalized spacial score (nSPS) is 15.8. The second kappa shape index (κ2) is 9.43. The quantitative estimate of drug-likeness (QED) is 0.614. The molecule has 0 unspecified atom stereocenters. The van der Waals surface area contributed by atoms with Crippen LogP contribution in [0.1, 0.15) is 17.5 Å². The van der Waals surface area contributed by atoms with Gasteiger partial charge in [0.1, 0.15) is 0 Å². The van der Waals surface area contributed by atoms with Gasteiger partial charge in [-0.2, -0.15) is 0 Å². The summed E-state index contributed by atoms with van der Waals surface area (Å²) in [7, 11) is 0. The molecule has 2 aromatic rings. The van der Waals surface area contributed by atoms with Crippen molar-refractivity contribution in [3.63, 3.8) is 0 Å². The summed E-state index contributed by atoms with van der Waals surface area (Å²) in [6.07, 6.45) is 1.01. The number of hydrogen-bond acceptors (Lipinski definition) is 5. The molecule has 1 aliphatic heterocycles. The second-order valence-corrected chi connectivity index (χ2v) is 7.15. The molecule has 1 N–H and O–H groups in total. The monoisotopic (exact) mass is 382 g/mol. The topological polar surface area (TPSA) is 78.7 Å². The van der Waals surface area contributed by atoms with Crippen molar-refractivity contribution in [3.05, 3.63) is 69.8 Å². The SMILES string of the molecule is Cc1c(NC(=O)CN2CCCN(Cc3ccccc3)CC2)cccc1[N+](=O)[O-]. The summed E-state index contributed by atoms with van der Waals surface area (Å²) >= 11 is 0. The lowest BCUT2D eigenvalue weighted by atomic mass is 10.1. The van der Waals surface area contributed by atoms with E-state index in [9.17, 15) is 14.9 Å². The Labute approximate surface area is 165 Å². The van der Waals surface area contributed by atoms with Crippen LogP contribution < -0.4 is 5.32 Å². The Hall–Kier alpha value is -2.77. The predicted octanol–water partition coefficient (Wildman–Crippen LogP) is 3.05. The molecule has 0 spiro atoms. The smallest absolute Gasteiger partial charge is 0.274 e. The molecule has 0 saturated carbocycles. The third-order valence-electron chi connectivity index (χ3n) is 5.07. The van der Waals surface area contributed by atoms with E-state index in [1.165, 1.54) is 11.6 Å². The van der Waals surface area contributed by atoms with Crippen LogP contribution in [0.5, 0.6) is 0 Å². The van der Waals surface area contributed by atoms with Crippen molar-refractivity contribution in [2.24, 2.45) is 0 Å². The molecule has 2 aromatic carbocycles. The minimum absolute atomic E-state index is 0.0177. The molecule has 0 radical (unpaired) electrons. The molecule has 1 saturated heterocycles. The zero-order valence-corrected chi connectivity index (χ0v) is 16.1. The first-order chi connectivity index (χ1) is 13.5. The molecule has 0 bridgehead atoms. The first-order valence-electron chi connectivity index (χ1n) is 9.55. The van der Waals surface area contributed by atoms with Crippen LogP contribution in [0.4, 0.5) is 11.4 Å². The largest absolute Gasteiger partial charge is 0.324 e. The lowest BCUT2D eigenvalue weighted by Gasteiger charge is -2.21. The molecule has 0 aromatic heterocycles. The number of hydrogen-bond donors (Lipinski definition) is 1. The van der Waals surface area contributed by atoms with Crippen molar-refractivity contribution >= 4 is 17.3 Å². The zero-order valence-electron chi connectivity index (χ0n) is 16.1. The molecule has 0 aliphatic carbocycles. The summed E-state index contributed by atoms with van der Waals surface area (Å²) in [5.74, 6) is -0.139. The standard InChI is InChI=1S/C21H26N4O3/c1-17-19(9-5-10-20(17)25(27)28)22-21(26)16-24-12-6-11-23(13-14-24)15-18-7-3-2-4-8-18/h2-5,7-10H,6,11-16H2,1H3,(H,22,26). The van der Waals surface area contributed by atoms with Crippen molar-refractivity contribution in [2.75, 3.05) is 38.0 Å². The molecule has 3 rings (SSSR count). The Kier molecular flexibility index (Phi) is 6.73. The number of carbonyl (C=O) groups is 1. The van der Waals surface area contributed by atoms with Crippen LogP contribution in [0.25, 0.3) is 0 Å². The fourth-order valence-electron chi connectivity index (χ4n) is 3.53. The Morgan fingerprint density at radius 1 is 1.04 bits per heavy atom. The lowest BCUT2D eigenvalue weighted by Crippen LogP contribution is -2.36. The molecule has 1 aliphatic rings. The summed E-state index contributed by atoms with van der Waals surface area (Å²) in [4.78, 5) is 27.7. The summed E-state index contributed by atoms with van der Waals surface area (Å²) in [6, 6.07) is 15.1. The van der Waals surface area contributed by atoms with E-state index in [1.807, 2.05) is 6.07 Å². The molecule has 28 heavy (non-hydrogen) atoms. The molecule has 1 amide bonds. The molecule has 7 heteroatoms. The highest BCUT2D eigenvalue weighted by Crippen LogP contribution is 2.25. The van der Waals surface area contributed by atoms with Gasteiger partial charge in [-0.15, -0.1) is 0 Å². The maximum Gasteiger partial charge on any atom is 0.274 e. The molecule has 1 fully saturated rings. The van der Waals surface area contributed by atoms with Gasteiger partial charge >= 0.3 is 0 Å². The number of benzene rings is 2. The Morgan fingerprint density at radius 3 is 2.50 bits per heavy atom. The first kappa shape index (κ1) is 20.0. The number of carbonyl (C=O) groups excluding carboxylic acids is 1. The van der Waals surface area contributed by atoms with E-state index in [1.54, 1.807) is 19.1 Å². The highest BCUT2D eigenvalue weighted by Gasteiger charge is 2.19. The number of anilines is 1. The predicted molar refractivity (Wildman–Crippen MR) is 109 cm³/mol. The average Bonchev–Trinajstić information content (AvgIpc) is 2.89. The Balaban J connectivity index is 1.52. The lowest BCUT2D eigenvalue weighted by molar-refractivity contribution is -0.385. The highest BCUT2D eigenvalue weighted by atomic mass is 16.6. The van der Waals surface area contributed by atoms with E-state index in [0.717, 1.165) is 39.1 Å². The molecular weight excluding hydrogens is 356 g/mol. The zero-order chi connectivity index (χ0) is 19.9. The fourth-order valence-corrected chi connectivity index (χ4v) is 3.53. The number of nitro groups is 1. The van der Waals surface area contributed by atoms with Gasteiger partial charge in [0.25, 0.3) is 5.69 Å². The minimum Gasteiger partial charge on any atom is -0.324 e. The van der Waals surface area contributed by atoms with E-state index in [2.05, 4.69) is 39.4 Å². The van der Waals surface area contributed by atoms with Crippen molar-refractivity contribution in [1.29, 1.82) is 0 Å². The number of rotatable bonds is 6. The maximum atomic E-state index is 12.5. The van der Waals surface area contributed by atoms with Gasteiger partial charge in [-0.05, 0) is 38.1 Å². The van der Waals surface area contributed by atoms with E-state index in [0.29, 0.717) is 17.8 Å². The summed E-state index contributed by atoms with van der Waals surface area (Å²) in [6.45, 7) is 6.49. The van der Waals surface area contributed by atoms with E-state index >= 15 is 0 Å². The number of nitro benzene ring substituents is 1. The van der Waals surface area contributed by atoms with Crippen LogP contribution in [0.3, 0.4) is 0 Å².